The average molecular weight is 1070 g/mol. The van der Waals surface area contributed by atoms with E-state index in [4.69, 9.17) is 33.9 Å². The lowest BCUT2D eigenvalue weighted by atomic mass is 9.97. The van der Waals surface area contributed by atoms with Crippen LogP contribution >= 0.6 is 0 Å². The molecule has 2 aliphatic rings. The molecule has 0 N–H and O–H groups in total. The molecule has 12 nitrogen and oxygen atoms in total. The van der Waals surface area contributed by atoms with Crippen LogP contribution in [0.25, 0.3) is 0 Å². The first-order valence-corrected chi connectivity index (χ1v) is 32.3. The molecular weight excluding hydrogens is 957 g/mol. The third-order valence-corrected chi connectivity index (χ3v) is 16.3. The molecule has 0 aromatic heterocycles. The molecule has 1 aliphatic heterocycles. The second-order valence-electron chi connectivity index (χ2n) is 21.7. The summed E-state index contributed by atoms with van der Waals surface area (Å²) in [5.74, 6) is -3.26. The molecule has 434 valence electrons. The van der Waals surface area contributed by atoms with E-state index < -0.39 is 102 Å². The van der Waals surface area contributed by atoms with Crippen LogP contribution in [0.2, 0.25) is 0 Å². The Morgan fingerprint density at radius 2 is 0.784 bits per heavy atom. The number of carbonyl (C=O) groups excluding carboxylic acids is 4. The van der Waals surface area contributed by atoms with E-state index in [2.05, 4.69) is 27.7 Å². The van der Waals surface area contributed by atoms with E-state index in [0.717, 1.165) is 135 Å². The van der Waals surface area contributed by atoms with Crippen LogP contribution in [-0.4, -0.2) is 87.7 Å². The maximum Gasteiger partial charge on any atom is 0.306 e. The summed E-state index contributed by atoms with van der Waals surface area (Å²) in [5.41, 5.74) is 0. The van der Waals surface area contributed by atoms with E-state index >= 15 is 0 Å². The van der Waals surface area contributed by atoms with Gasteiger partial charge in [-0.05, 0) is 50.8 Å². The first kappa shape index (κ1) is 61.0. The zero-order valence-electron chi connectivity index (χ0n) is 51.6. The summed E-state index contributed by atoms with van der Waals surface area (Å²) in [6.45, 7) is 8.16. The third kappa shape index (κ3) is 33.8. The molecule has 13 heteroatoms. The highest BCUT2D eigenvalue weighted by molar-refractivity contribution is 7.91. The van der Waals surface area contributed by atoms with Crippen molar-refractivity contribution in [2.45, 2.75) is 340 Å². The SMILES string of the molecule is [2H]C(CCCCCCCCC)CC(=O)OC[C@H]1OC(OCC2CCC(S(C)(=O)=O)C2)[C@H](OC(=O)CC([2H])CCCCCCCCC)[C@@H](OC(=O)CC([2H])CCCCCCCCC)[C@H]1OC(=O)CC([2H])CCCCCCCCC. The lowest BCUT2D eigenvalue weighted by molar-refractivity contribution is -0.310. The first-order valence-electron chi connectivity index (χ1n) is 32.7. The molecule has 0 bridgehead atoms. The molecule has 0 aromatic rings. The Morgan fingerprint density at radius 1 is 0.446 bits per heavy atom. The predicted octanol–water partition coefficient (Wildman–Crippen LogP) is 15.9. The fourth-order valence-electron chi connectivity index (χ4n) is 10.0. The van der Waals surface area contributed by atoms with Gasteiger partial charge in [0.2, 0.25) is 0 Å². The summed E-state index contributed by atoms with van der Waals surface area (Å²) in [5, 5.41) is -0.556. The van der Waals surface area contributed by atoms with Crippen LogP contribution in [0, 0.1) is 5.92 Å². The van der Waals surface area contributed by atoms with Crippen LogP contribution in [0.1, 0.15) is 309 Å². The van der Waals surface area contributed by atoms with Crippen molar-refractivity contribution in [1.82, 2.24) is 0 Å². The van der Waals surface area contributed by atoms with Crippen molar-refractivity contribution in [3.8, 4) is 0 Å². The number of ether oxygens (including phenoxy) is 6. The Bertz CT molecular complexity index is 1680. The van der Waals surface area contributed by atoms with Gasteiger partial charge in [0, 0.05) is 37.4 Å². The summed E-state index contributed by atoms with van der Waals surface area (Å²) in [6, 6.07) is 0. The number of unbranched alkanes of at least 4 members (excludes halogenated alkanes) is 24. The molecule has 74 heavy (non-hydrogen) atoms. The molecule has 11 atom stereocenters. The predicted molar refractivity (Wildman–Crippen MR) is 299 cm³/mol. The van der Waals surface area contributed by atoms with Gasteiger partial charge >= 0.3 is 23.9 Å². The molecular formula is C61H112O12S. The summed E-state index contributed by atoms with van der Waals surface area (Å²) < 4.78 is 97.7. The van der Waals surface area contributed by atoms with Crippen LogP contribution in [0.15, 0.2) is 0 Å². The Kier molecular flexibility index (Phi) is 36.8. The lowest BCUT2D eigenvalue weighted by Gasteiger charge is -2.44. The fraction of sp³-hybridized carbons (Fsp3) is 0.934. The standard InChI is InChI=1S/C61H112O12S/c1-6-10-14-18-22-26-30-34-38-42-54(62)68-50-53-58(71-55(63)43-39-35-31-27-23-19-15-11-7-2)59(72-56(64)44-40-36-32-28-24-20-16-12-8-3)60(73-57(65)45-41-37-33-29-25-21-17-13-9-4)61(70-53)69-49-51-46-47-52(48-51)74(5,66)67/h51-53,58-61H,6-50H2,1-5H3/t51?,52?,53-,58+,59+,60-,61?/m1/s1/i38D,39D,40D,41D/t38?,39?,40?,41?,51?,52?,53-,58+,59+,60-,61?. The van der Waals surface area contributed by atoms with Gasteiger partial charge < -0.3 is 28.4 Å². The molecule has 1 saturated carbocycles. The molecule has 7 unspecified atom stereocenters. The van der Waals surface area contributed by atoms with Gasteiger partial charge in [-0.3, -0.25) is 19.2 Å². The van der Waals surface area contributed by atoms with Crippen molar-refractivity contribution in [2.24, 2.45) is 5.92 Å². The molecule has 0 radical (unpaired) electrons. The van der Waals surface area contributed by atoms with Crippen LogP contribution < -0.4 is 0 Å². The maximum atomic E-state index is 14.1. The zero-order chi connectivity index (χ0) is 57.4. The smallest absolute Gasteiger partial charge is 0.306 e. The minimum absolute atomic E-state index is 0.0207. The highest BCUT2D eigenvalue weighted by Gasteiger charge is 2.53. The van der Waals surface area contributed by atoms with E-state index in [0.29, 0.717) is 44.9 Å². The molecule has 2 fully saturated rings. The van der Waals surface area contributed by atoms with E-state index in [-0.39, 0.29) is 38.2 Å². The minimum atomic E-state index is -3.33. The average Bonchev–Trinajstić information content (AvgIpc) is 3.89. The third-order valence-electron chi connectivity index (χ3n) is 14.7. The lowest BCUT2D eigenvalue weighted by Crippen LogP contribution is -2.63. The second kappa shape index (κ2) is 44.7. The summed E-state index contributed by atoms with van der Waals surface area (Å²) in [4.78, 5) is 55.7. The first-order chi connectivity index (χ1) is 37.5. The number of carbonyl (C=O) groups is 4. The van der Waals surface area contributed by atoms with Crippen molar-refractivity contribution < 1.29 is 61.5 Å². The van der Waals surface area contributed by atoms with E-state index in [1.54, 1.807) is 0 Å². The van der Waals surface area contributed by atoms with Crippen molar-refractivity contribution in [2.75, 3.05) is 19.5 Å². The topological polar surface area (TPSA) is 158 Å². The zero-order valence-corrected chi connectivity index (χ0v) is 48.5. The number of esters is 4. The van der Waals surface area contributed by atoms with Crippen molar-refractivity contribution in [1.29, 1.82) is 0 Å². The Balaban J connectivity index is 2.51. The molecule has 1 heterocycles. The van der Waals surface area contributed by atoms with Gasteiger partial charge in [-0.1, -0.05) is 233 Å². The Labute approximate surface area is 458 Å². The molecule has 1 aliphatic carbocycles. The largest absolute Gasteiger partial charge is 0.463 e. The Morgan fingerprint density at radius 3 is 1.15 bits per heavy atom. The second-order valence-corrected chi connectivity index (χ2v) is 24.0. The Hall–Kier alpha value is -2.25. The highest BCUT2D eigenvalue weighted by atomic mass is 32.2. The monoisotopic (exact) mass is 1070 g/mol. The van der Waals surface area contributed by atoms with Crippen molar-refractivity contribution >= 4 is 33.7 Å². The number of sulfone groups is 1. The van der Waals surface area contributed by atoms with Gasteiger partial charge in [0.15, 0.2) is 24.6 Å². The molecule has 0 aromatic carbocycles. The summed E-state index contributed by atoms with van der Waals surface area (Å²) >= 11 is 0. The van der Waals surface area contributed by atoms with Crippen molar-refractivity contribution in [3.05, 3.63) is 0 Å². The van der Waals surface area contributed by atoms with Crippen LogP contribution in [0.4, 0.5) is 0 Å². The van der Waals surface area contributed by atoms with Crippen LogP contribution in [0.3, 0.4) is 0 Å². The maximum absolute atomic E-state index is 14.1. The van der Waals surface area contributed by atoms with E-state index in [1.165, 1.54) is 51.2 Å². The van der Waals surface area contributed by atoms with Crippen LogP contribution in [-0.2, 0) is 57.4 Å². The summed E-state index contributed by atoms with van der Waals surface area (Å²) in [6.07, 6.45) is 22.4. The van der Waals surface area contributed by atoms with Gasteiger partial charge in [-0.2, -0.15) is 0 Å². The molecule has 0 spiro atoms. The van der Waals surface area contributed by atoms with Gasteiger partial charge in [0.1, 0.15) is 22.5 Å². The van der Waals surface area contributed by atoms with Crippen LogP contribution in [0.5, 0.6) is 0 Å². The van der Waals surface area contributed by atoms with Gasteiger partial charge in [0.25, 0.3) is 0 Å². The normalized spacial score (nSPS) is 23.4. The highest BCUT2D eigenvalue weighted by Crippen LogP contribution is 2.35. The number of rotatable bonds is 49. The van der Waals surface area contributed by atoms with Gasteiger partial charge in [0.05, 0.1) is 11.9 Å². The molecule has 1 saturated heterocycles. The number of hydrogen-bond acceptors (Lipinski definition) is 12. The van der Waals surface area contributed by atoms with Crippen molar-refractivity contribution in [3.63, 3.8) is 0 Å². The molecule has 0 amide bonds. The number of hydrogen-bond donors (Lipinski definition) is 0. The fourth-order valence-corrected chi connectivity index (χ4v) is 11.2. The van der Waals surface area contributed by atoms with Gasteiger partial charge in [-0.15, -0.1) is 0 Å². The quantitative estimate of drug-likeness (QED) is 0.0323. The minimum Gasteiger partial charge on any atom is -0.463 e. The van der Waals surface area contributed by atoms with E-state index in [1.807, 2.05) is 0 Å². The van der Waals surface area contributed by atoms with Gasteiger partial charge in [-0.25, -0.2) is 8.42 Å². The van der Waals surface area contributed by atoms with E-state index in [9.17, 15) is 27.6 Å². The molecule has 2 rings (SSSR count). The summed E-state index contributed by atoms with van der Waals surface area (Å²) in [7, 11) is -3.33.